The molecular formula is C20H21F3O3. The van der Waals surface area contributed by atoms with Gasteiger partial charge in [-0.15, -0.1) is 0 Å². The molecule has 5 rings (SSSR count). The highest BCUT2D eigenvalue weighted by Crippen LogP contribution is 2.60. The van der Waals surface area contributed by atoms with Gasteiger partial charge in [0.05, 0.1) is 11.1 Å². The lowest BCUT2D eigenvalue weighted by Crippen LogP contribution is -2.51. The lowest BCUT2D eigenvalue weighted by atomic mass is 9.48. The Morgan fingerprint density at radius 2 is 1.46 bits per heavy atom. The van der Waals surface area contributed by atoms with E-state index in [1.54, 1.807) is 0 Å². The van der Waals surface area contributed by atoms with E-state index in [1.165, 1.54) is 19.3 Å². The van der Waals surface area contributed by atoms with Gasteiger partial charge in [0.2, 0.25) is 0 Å². The summed E-state index contributed by atoms with van der Waals surface area (Å²) in [7, 11) is 0. The van der Waals surface area contributed by atoms with E-state index in [4.69, 9.17) is 4.74 Å². The number of esters is 1. The molecule has 1 aromatic rings. The first-order chi connectivity index (χ1) is 12.2. The number of carbonyl (C=O) groups is 2. The van der Waals surface area contributed by atoms with Crippen LogP contribution >= 0.6 is 0 Å². The van der Waals surface area contributed by atoms with Crippen molar-refractivity contribution in [3.05, 3.63) is 35.4 Å². The maximum atomic E-state index is 12.8. The lowest BCUT2D eigenvalue weighted by Gasteiger charge is -2.55. The van der Waals surface area contributed by atoms with Crippen molar-refractivity contribution >= 4 is 11.8 Å². The fraction of sp³-hybridized carbons (Fsp3) is 0.600. The number of ether oxygens (including phenoxy) is 1. The molecule has 4 bridgehead atoms. The van der Waals surface area contributed by atoms with Gasteiger partial charge in [0, 0.05) is 5.41 Å². The van der Waals surface area contributed by atoms with Crippen molar-refractivity contribution in [2.75, 3.05) is 6.61 Å². The topological polar surface area (TPSA) is 43.4 Å². The first-order valence-corrected chi connectivity index (χ1v) is 9.13. The minimum absolute atomic E-state index is 0.0168. The van der Waals surface area contributed by atoms with Gasteiger partial charge in [-0.2, -0.15) is 13.2 Å². The fourth-order valence-corrected chi connectivity index (χ4v) is 5.61. The summed E-state index contributed by atoms with van der Waals surface area (Å²) in [6.07, 6.45) is 1.91. The van der Waals surface area contributed by atoms with Crippen LogP contribution < -0.4 is 0 Å². The Hall–Kier alpha value is -1.85. The van der Waals surface area contributed by atoms with Gasteiger partial charge in [-0.05, 0) is 80.5 Å². The summed E-state index contributed by atoms with van der Waals surface area (Å²) >= 11 is 0. The average molecular weight is 366 g/mol. The van der Waals surface area contributed by atoms with Crippen LogP contribution in [0.5, 0.6) is 0 Å². The van der Waals surface area contributed by atoms with Crippen LogP contribution in [0.1, 0.15) is 54.4 Å². The van der Waals surface area contributed by atoms with Gasteiger partial charge in [0.25, 0.3) is 0 Å². The molecule has 0 atom stereocenters. The molecule has 0 aromatic heterocycles. The van der Waals surface area contributed by atoms with E-state index in [1.807, 2.05) is 0 Å². The average Bonchev–Trinajstić information content (AvgIpc) is 2.57. The third-order valence-corrected chi connectivity index (χ3v) is 6.41. The first-order valence-electron chi connectivity index (χ1n) is 9.13. The van der Waals surface area contributed by atoms with Crippen LogP contribution in [0.4, 0.5) is 13.2 Å². The highest BCUT2D eigenvalue weighted by atomic mass is 19.4. The van der Waals surface area contributed by atoms with E-state index in [0.717, 1.165) is 43.5 Å². The van der Waals surface area contributed by atoms with Crippen LogP contribution in [0.15, 0.2) is 24.3 Å². The molecule has 0 unspecified atom stereocenters. The van der Waals surface area contributed by atoms with Crippen molar-refractivity contribution in [2.45, 2.75) is 44.7 Å². The number of benzene rings is 1. The van der Waals surface area contributed by atoms with Crippen LogP contribution in [0, 0.1) is 23.2 Å². The monoisotopic (exact) mass is 366 g/mol. The van der Waals surface area contributed by atoms with Crippen LogP contribution in [-0.2, 0) is 15.7 Å². The molecule has 4 aliphatic rings. The Morgan fingerprint density at radius 1 is 0.962 bits per heavy atom. The quantitative estimate of drug-likeness (QED) is 0.729. The van der Waals surface area contributed by atoms with E-state index in [0.29, 0.717) is 17.8 Å². The SMILES string of the molecule is O=C(OCC(=O)C12CC3CC(CC(C3)C1)C2)c1ccc(C(F)(F)F)cc1. The molecular weight excluding hydrogens is 345 g/mol. The van der Waals surface area contributed by atoms with Crippen molar-refractivity contribution in [3.63, 3.8) is 0 Å². The van der Waals surface area contributed by atoms with E-state index >= 15 is 0 Å². The zero-order valence-electron chi connectivity index (χ0n) is 14.3. The summed E-state index contributed by atoms with van der Waals surface area (Å²) in [6.45, 7) is -0.286. The zero-order chi connectivity index (χ0) is 18.5. The summed E-state index contributed by atoms with van der Waals surface area (Å²) < 4.78 is 42.9. The van der Waals surface area contributed by atoms with Crippen molar-refractivity contribution in [1.29, 1.82) is 0 Å². The molecule has 0 amide bonds. The normalized spacial score (nSPS) is 32.5. The number of hydrogen-bond donors (Lipinski definition) is 0. The molecule has 3 nitrogen and oxygen atoms in total. The molecule has 4 aliphatic carbocycles. The van der Waals surface area contributed by atoms with E-state index < -0.39 is 17.7 Å². The van der Waals surface area contributed by atoms with Crippen LogP contribution in [-0.4, -0.2) is 18.4 Å². The number of rotatable bonds is 4. The lowest BCUT2D eigenvalue weighted by molar-refractivity contribution is -0.147. The maximum Gasteiger partial charge on any atom is 0.416 e. The summed E-state index contributed by atoms with van der Waals surface area (Å²) in [6, 6.07) is 3.86. The van der Waals surface area contributed by atoms with Gasteiger partial charge in [-0.25, -0.2) is 4.79 Å². The molecule has 0 heterocycles. The second-order valence-corrected chi connectivity index (χ2v) is 8.27. The number of Topliss-reactive ketones (excluding diaryl/α,β-unsaturated/α-hetero) is 1. The second-order valence-electron chi connectivity index (χ2n) is 8.27. The number of ketones is 1. The van der Waals surface area contributed by atoms with Crippen LogP contribution in [0.2, 0.25) is 0 Å². The van der Waals surface area contributed by atoms with Crippen LogP contribution in [0.25, 0.3) is 0 Å². The van der Waals surface area contributed by atoms with Gasteiger partial charge < -0.3 is 4.74 Å². The Kier molecular flexibility index (Phi) is 4.12. The zero-order valence-corrected chi connectivity index (χ0v) is 14.3. The predicted molar refractivity (Wildman–Crippen MR) is 87.3 cm³/mol. The Balaban J connectivity index is 1.38. The van der Waals surface area contributed by atoms with Crippen molar-refractivity contribution in [1.82, 2.24) is 0 Å². The molecule has 140 valence electrons. The molecule has 4 saturated carbocycles. The molecule has 4 fully saturated rings. The van der Waals surface area contributed by atoms with Crippen molar-refractivity contribution in [3.8, 4) is 0 Å². The predicted octanol–water partition coefficient (Wildman–Crippen LogP) is 4.65. The molecule has 26 heavy (non-hydrogen) atoms. The first kappa shape index (κ1) is 17.6. The fourth-order valence-electron chi connectivity index (χ4n) is 5.61. The molecule has 6 heteroatoms. The maximum absolute atomic E-state index is 12.8. The van der Waals surface area contributed by atoms with Crippen molar-refractivity contribution < 1.29 is 27.5 Å². The molecule has 0 N–H and O–H groups in total. The largest absolute Gasteiger partial charge is 0.454 e. The minimum Gasteiger partial charge on any atom is -0.454 e. The smallest absolute Gasteiger partial charge is 0.416 e. The van der Waals surface area contributed by atoms with Crippen molar-refractivity contribution in [2.24, 2.45) is 23.2 Å². The van der Waals surface area contributed by atoms with E-state index in [2.05, 4.69) is 0 Å². The Bertz CT molecular complexity index is 686. The highest BCUT2D eigenvalue weighted by Gasteiger charge is 2.54. The van der Waals surface area contributed by atoms with Gasteiger partial charge in [0.15, 0.2) is 12.4 Å². The third kappa shape index (κ3) is 3.14. The summed E-state index contributed by atoms with van der Waals surface area (Å²) in [5, 5.41) is 0. The number of hydrogen-bond acceptors (Lipinski definition) is 3. The molecule has 0 saturated heterocycles. The minimum atomic E-state index is -4.45. The number of alkyl halides is 3. The highest BCUT2D eigenvalue weighted by molar-refractivity contribution is 5.93. The van der Waals surface area contributed by atoms with Gasteiger partial charge >= 0.3 is 12.1 Å². The van der Waals surface area contributed by atoms with E-state index in [-0.39, 0.29) is 23.4 Å². The summed E-state index contributed by atoms with van der Waals surface area (Å²) in [5.74, 6) is 1.09. The van der Waals surface area contributed by atoms with E-state index in [9.17, 15) is 22.8 Å². The summed E-state index contributed by atoms with van der Waals surface area (Å²) in [5.41, 5.74) is -1.13. The number of carbonyl (C=O) groups excluding carboxylic acids is 2. The van der Waals surface area contributed by atoms with Gasteiger partial charge in [-0.1, -0.05) is 0 Å². The Labute approximate surface area is 149 Å². The summed E-state index contributed by atoms with van der Waals surface area (Å²) in [4.78, 5) is 24.9. The molecule has 1 aromatic carbocycles. The molecule has 0 spiro atoms. The third-order valence-electron chi connectivity index (χ3n) is 6.41. The second kappa shape index (κ2) is 6.10. The molecule has 0 radical (unpaired) electrons. The molecule has 0 aliphatic heterocycles. The number of halogens is 3. The Morgan fingerprint density at radius 3 is 1.92 bits per heavy atom. The van der Waals surface area contributed by atoms with Crippen LogP contribution in [0.3, 0.4) is 0 Å². The van der Waals surface area contributed by atoms with Gasteiger partial charge in [-0.3, -0.25) is 4.79 Å². The standard InChI is InChI=1S/C20H21F3O3/c21-20(22,23)16-3-1-15(2-4-16)18(25)26-11-17(24)19-8-12-5-13(9-19)7-14(6-12)10-19/h1-4,12-14H,5-11H2. The van der Waals surface area contributed by atoms with Gasteiger partial charge in [0.1, 0.15) is 0 Å².